The molecule has 0 saturated heterocycles. The molecule has 0 saturated carbocycles. The maximum absolute atomic E-state index is 11.4. The highest BCUT2D eigenvalue weighted by atomic mass is 79.9. The Bertz CT molecular complexity index is 538. The number of carbonyl (C=O) groups is 1. The molecule has 2 rings (SSSR count). The number of fused-ring (bicyclic) bond motifs is 1. The monoisotopic (exact) mass is 333 g/mol. The lowest BCUT2D eigenvalue weighted by Gasteiger charge is -2.02. The lowest BCUT2D eigenvalue weighted by Crippen LogP contribution is -2.07. The molecule has 2 aromatic heterocycles. The number of ether oxygens (including phenoxy) is 1. The molecule has 0 N–H and O–H groups in total. The summed E-state index contributed by atoms with van der Waals surface area (Å²) < 4.78 is 7.59. The van der Waals surface area contributed by atoms with Crippen LogP contribution in [0.4, 0.5) is 0 Å². The van der Waals surface area contributed by atoms with Crippen molar-refractivity contribution in [1.82, 2.24) is 14.4 Å². The first kappa shape index (κ1) is 10.6. The molecular formula is C8H5Br2N3O2. The Morgan fingerprint density at radius 1 is 1.53 bits per heavy atom. The Kier molecular flexibility index (Phi) is 2.74. The van der Waals surface area contributed by atoms with Crippen LogP contribution in [0.2, 0.25) is 0 Å². The first-order valence-electron chi connectivity index (χ1n) is 3.91. The summed E-state index contributed by atoms with van der Waals surface area (Å²) in [6.45, 7) is 0. The molecule has 5 nitrogen and oxygen atoms in total. The van der Waals surface area contributed by atoms with E-state index in [2.05, 4.69) is 46.6 Å². The number of methoxy groups -OCH3 is 1. The number of imidazole rings is 1. The number of aromatic nitrogens is 3. The zero-order valence-corrected chi connectivity index (χ0v) is 10.7. The summed E-state index contributed by atoms with van der Waals surface area (Å²) in [7, 11) is 1.30. The van der Waals surface area contributed by atoms with Crippen molar-refractivity contribution in [2.75, 3.05) is 7.11 Å². The van der Waals surface area contributed by atoms with Crippen LogP contribution in [0.15, 0.2) is 21.6 Å². The zero-order valence-electron chi connectivity index (χ0n) is 7.57. The van der Waals surface area contributed by atoms with Crippen molar-refractivity contribution in [1.29, 1.82) is 0 Å². The molecule has 2 aromatic rings. The molecule has 0 unspecified atom stereocenters. The molecular weight excluding hydrogens is 330 g/mol. The molecule has 0 spiro atoms. The fourth-order valence-corrected chi connectivity index (χ4v) is 1.92. The summed E-state index contributed by atoms with van der Waals surface area (Å²) in [6, 6.07) is 0. The Hall–Kier alpha value is -0.950. The number of esters is 1. The fraction of sp³-hybridized carbons (Fsp3) is 0.125. The van der Waals surface area contributed by atoms with E-state index in [9.17, 15) is 4.79 Å². The molecule has 0 amide bonds. The molecule has 0 aliphatic rings. The van der Waals surface area contributed by atoms with Gasteiger partial charge in [-0.1, -0.05) is 0 Å². The number of carbonyl (C=O) groups excluding carboxylic acids is 1. The van der Waals surface area contributed by atoms with Crippen molar-refractivity contribution < 1.29 is 9.53 Å². The van der Waals surface area contributed by atoms with Crippen LogP contribution in [-0.2, 0) is 4.74 Å². The van der Waals surface area contributed by atoms with Gasteiger partial charge in [0.05, 0.1) is 13.3 Å². The first-order chi connectivity index (χ1) is 7.13. The Labute approximate surface area is 102 Å². The Balaban J connectivity index is 2.78. The highest BCUT2D eigenvalue weighted by Gasteiger charge is 2.16. The van der Waals surface area contributed by atoms with E-state index in [0.717, 1.165) is 4.60 Å². The smallest absolute Gasteiger partial charge is 0.360 e. The largest absolute Gasteiger partial charge is 0.464 e. The molecule has 0 aliphatic heterocycles. The van der Waals surface area contributed by atoms with Crippen LogP contribution in [-0.4, -0.2) is 27.4 Å². The predicted molar refractivity (Wildman–Crippen MR) is 59.7 cm³/mol. The number of halogens is 2. The van der Waals surface area contributed by atoms with E-state index in [1.165, 1.54) is 7.11 Å². The van der Waals surface area contributed by atoms with Crippen molar-refractivity contribution >= 4 is 43.5 Å². The average Bonchev–Trinajstić information content (AvgIpc) is 2.58. The van der Waals surface area contributed by atoms with Gasteiger partial charge in [-0.2, -0.15) is 0 Å². The summed E-state index contributed by atoms with van der Waals surface area (Å²) in [5.74, 6) is -0.514. The lowest BCUT2D eigenvalue weighted by molar-refractivity contribution is 0.0595. The van der Waals surface area contributed by atoms with Crippen molar-refractivity contribution in [3.8, 4) is 0 Å². The summed E-state index contributed by atoms with van der Waals surface area (Å²) in [5, 5.41) is 0. The zero-order chi connectivity index (χ0) is 11.0. The van der Waals surface area contributed by atoms with E-state index in [0.29, 0.717) is 10.3 Å². The quantitative estimate of drug-likeness (QED) is 0.749. The minimum Gasteiger partial charge on any atom is -0.464 e. The summed E-state index contributed by atoms with van der Waals surface area (Å²) in [5.41, 5.74) is 0.634. The third-order valence-electron chi connectivity index (χ3n) is 1.80. The lowest BCUT2D eigenvalue weighted by atomic mass is 10.4. The van der Waals surface area contributed by atoms with E-state index in [1.54, 1.807) is 16.8 Å². The number of hydrogen-bond acceptors (Lipinski definition) is 4. The topological polar surface area (TPSA) is 56.5 Å². The molecule has 0 bridgehead atoms. The van der Waals surface area contributed by atoms with Crippen LogP contribution in [0.25, 0.3) is 5.65 Å². The van der Waals surface area contributed by atoms with Crippen molar-refractivity contribution in [2.24, 2.45) is 0 Å². The molecule has 78 valence electrons. The molecule has 0 atom stereocenters. The fourth-order valence-electron chi connectivity index (χ4n) is 1.16. The second kappa shape index (κ2) is 3.90. The van der Waals surface area contributed by atoms with Crippen LogP contribution in [0, 0.1) is 0 Å². The Morgan fingerprint density at radius 3 is 2.93 bits per heavy atom. The Morgan fingerprint density at radius 2 is 2.27 bits per heavy atom. The number of hydrogen-bond donors (Lipinski definition) is 0. The molecule has 0 radical (unpaired) electrons. The van der Waals surface area contributed by atoms with Gasteiger partial charge < -0.3 is 4.74 Å². The van der Waals surface area contributed by atoms with Gasteiger partial charge in [0, 0.05) is 6.20 Å². The minimum atomic E-state index is -0.514. The first-order valence-corrected chi connectivity index (χ1v) is 5.49. The highest BCUT2D eigenvalue weighted by Crippen LogP contribution is 2.18. The second-order valence-electron chi connectivity index (χ2n) is 2.68. The van der Waals surface area contributed by atoms with Gasteiger partial charge in [-0.05, 0) is 31.9 Å². The van der Waals surface area contributed by atoms with Crippen molar-refractivity contribution in [3.63, 3.8) is 0 Å². The second-order valence-corrected chi connectivity index (χ2v) is 4.30. The van der Waals surface area contributed by atoms with Crippen LogP contribution >= 0.6 is 31.9 Å². The standard InChI is InChI=1S/C8H5Br2N3O2/c1-15-8(14)6-7-11-2-5(10)13(7)3-4(9)12-6/h2-3H,1H3. The molecule has 15 heavy (non-hydrogen) atoms. The molecule has 0 aromatic carbocycles. The van der Waals surface area contributed by atoms with Crippen molar-refractivity contribution in [2.45, 2.75) is 0 Å². The van der Waals surface area contributed by atoms with Gasteiger partial charge in [-0.15, -0.1) is 0 Å². The third kappa shape index (κ3) is 1.76. The van der Waals surface area contributed by atoms with E-state index in [-0.39, 0.29) is 5.69 Å². The maximum atomic E-state index is 11.4. The van der Waals surface area contributed by atoms with Gasteiger partial charge in [-0.3, -0.25) is 4.40 Å². The van der Waals surface area contributed by atoms with E-state index in [1.807, 2.05) is 0 Å². The van der Waals surface area contributed by atoms with Gasteiger partial charge in [0.1, 0.15) is 9.21 Å². The molecule has 0 fully saturated rings. The SMILES string of the molecule is COC(=O)c1nc(Br)cn2c(Br)cnc12. The maximum Gasteiger partial charge on any atom is 0.360 e. The summed E-state index contributed by atoms with van der Waals surface area (Å²) in [6.07, 6.45) is 3.30. The average molecular weight is 335 g/mol. The predicted octanol–water partition coefficient (Wildman–Crippen LogP) is 2.04. The van der Waals surface area contributed by atoms with Crippen LogP contribution in [0.3, 0.4) is 0 Å². The molecule has 0 aliphatic carbocycles. The van der Waals surface area contributed by atoms with Gasteiger partial charge >= 0.3 is 5.97 Å². The number of nitrogens with zero attached hydrogens (tertiary/aromatic N) is 3. The third-order valence-corrected chi connectivity index (χ3v) is 2.77. The van der Waals surface area contributed by atoms with Gasteiger partial charge in [0.15, 0.2) is 11.3 Å². The summed E-state index contributed by atoms with van der Waals surface area (Å²) >= 11 is 6.52. The van der Waals surface area contributed by atoms with E-state index in [4.69, 9.17) is 0 Å². The van der Waals surface area contributed by atoms with Crippen LogP contribution < -0.4 is 0 Å². The van der Waals surface area contributed by atoms with E-state index >= 15 is 0 Å². The summed E-state index contributed by atoms with van der Waals surface area (Å²) in [4.78, 5) is 19.5. The van der Waals surface area contributed by atoms with Crippen molar-refractivity contribution in [3.05, 3.63) is 27.3 Å². The molecule has 7 heteroatoms. The highest BCUT2D eigenvalue weighted by molar-refractivity contribution is 9.10. The van der Waals surface area contributed by atoms with Gasteiger partial charge in [0.2, 0.25) is 0 Å². The van der Waals surface area contributed by atoms with Crippen LogP contribution in [0.1, 0.15) is 10.5 Å². The van der Waals surface area contributed by atoms with E-state index < -0.39 is 5.97 Å². The molecule has 2 heterocycles. The minimum absolute atomic E-state index is 0.178. The number of rotatable bonds is 1. The van der Waals surface area contributed by atoms with Gasteiger partial charge in [-0.25, -0.2) is 14.8 Å². The van der Waals surface area contributed by atoms with Gasteiger partial charge in [0.25, 0.3) is 0 Å². The normalized spacial score (nSPS) is 10.6. The van der Waals surface area contributed by atoms with Crippen LogP contribution in [0.5, 0.6) is 0 Å².